The lowest BCUT2D eigenvalue weighted by molar-refractivity contribution is -0.388. The Labute approximate surface area is 139 Å². The summed E-state index contributed by atoms with van der Waals surface area (Å²) in [7, 11) is 0. The molecule has 0 saturated carbocycles. The van der Waals surface area contributed by atoms with E-state index in [0.717, 1.165) is 6.07 Å². The van der Waals surface area contributed by atoms with Crippen LogP contribution in [0.5, 0.6) is 0 Å². The molecule has 0 unspecified atom stereocenters. The van der Waals surface area contributed by atoms with Crippen LogP contribution in [0, 0.1) is 10.1 Å². The summed E-state index contributed by atoms with van der Waals surface area (Å²) >= 11 is 11.7. The highest BCUT2D eigenvalue weighted by atomic mass is 35.5. The zero-order chi connectivity index (χ0) is 17.2. The number of hydrogen-bond acceptors (Lipinski definition) is 3. The van der Waals surface area contributed by atoms with Crippen LogP contribution in [0.1, 0.15) is 11.1 Å². The minimum Gasteiger partial charge on any atom is -0.381 e. The molecule has 1 N–H and O–H groups in total. The molecule has 0 saturated heterocycles. The maximum absolute atomic E-state index is 12.9. The Morgan fingerprint density at radius 3 is 2.39 bits per heavy atom. The van der Waals surface area contributed by atoms with Gasteiger partial charge in [0, 0.05) is 28.3 Å². The van der Waals surface area contributed by atoms with Crippen molar-refractivity contribution in [3.63, 3.8) is 0 Å². The second-order valence-electron chi connectivity index (χ2n) is 4.58. The van der Waals surface area contributed by atoms with Crippen LogP contribution in [-0.2, 0) is 12.7 Å². The number of benzene rings is 2. The van der Waals surface area contributed by atoms with E-state index in [-0.39, 0.29) is 12.2 Å². The Morgan fingerprint density at radius 1 is 1.13 bits per heavy atom. The molecule has 0 atom stereocenters. The third-order valence-electron chi connectivity index (χ3n) is 3.00. The van der Waals surface area contributed by atoms with Crippen molar-refractivity contribution in [1.29, 1.82) is 0 Å². The highest BCUT2D eigenvalue weighted by Crippen LogP contribution is 2.37. The van der Waals surface area contributed by atoms with Crippen LogP contribution in [0.25, 0.3) is 0 Å². The van der Waals surface area contributed by atoms with E-state index >= 15 is 0 Å². The molecule has 0 bridgehead atoms. The van der Waals surface area contributed by atoms with E-state index in [1.807, 2.05) is 0 Å². The zero-order valence-corrected chi connectivity index (χ0v) is 12.8. The third-order valence-corrected chi connectivity index (χ3v) is 3.58. The van der Waals surface area contributed by atoms with Gasteiger partial charge in [-0.2, -0.15) is 13.2 Å². The fourth-order valence-electron chi connectivity index (χ4n) is 1.89. The van der Waals surface area contributed by atoms with E-state index in [4.69, 9.17) is 23.2 Å². The Hall–Kier alpha value is -1.99. The first-order valence-electron chi connectivity index (χ1n) is 6.22. The molecule has 2 rings (SSSR count). The van der Waals surface area contributed by atoms with Gasteiger partial charge in [0.05, 0.1) is 4.92 Å². The molecule has 0 fully saturated rings. The van der Waals surface area contributed by atoms with Crippen molar-refractivity contribution >= 4 is 34.6 Å². The first kappa shape index (κ1) is 17.4. The monoisotopic (exact) mass is 364 g/mol. The number of hydrogen-bond donors (Lipinski definition) is 1. The van der Waals surface area contributed by atoms with Gasteiger partial charge in [-0.3, -0.25) is 10.1 Å². The van der Waals surface area contributed by atoms with Gasteiger partial charge >= 0.3 is 6.18 Å². The number of alkyl halides is 3. The molecule has 0 spiro atoms. The van der Waals surface area contributed by atoms with Crippen LogP contribution in [0.2, 0.25) is 10.0 Å². The summed E-state index contributed by atoms with van der Waals surface area (Å²) in [5.41, 5.74) is -1.58. The third kappa shape index (κ3) is 4.27. The lowest BCUT2D eigenvalue weighted by atomic mass is 10.1. The summed E-state index contributed by atoms with van der Waals surface area (Å²) in [6.45, 7) is 0.144. The van der Waals surface area contributed by atoms with Crippen LogP contribution in [0.4, 0.5) is 24.5 Å². The van der Waals surface area contributed by atoms with Crippen LogP contribution < -0.4 is 5.32 Å². The number of nitro groups is 1. The van der Waals surface area contributed by atoms with Gasteiger partial charge in [-0.15, -0.1) is 0 Å². The zero-order valence-electron chi connectivity index (χ0n) is 11.3. The molecule has 0 aromatic heterocycles. The predicted octanol–water partition coefficient (Wildman–Crippen LogP) is 5.53. The Kier molecular flexibility index (Phi) is 5.01. The van der Waals surface area contributed by atoms with Crippen molar-refractivity contribution in [2.75, 3.05) is 5.32 Å². The van der Waals surface area contributed by atoms with Crippen molar-refractivity contribution in [3.8, 4) is 0 Å². The fourth-order valence-corrected chi connectivity index (χ4v) is 2.37. The smallest absolute Gasteiger partial charge is 0.381 e. The van der Waals surface area contributed by atoms with Gasteiger partial charge in [0.25, 0.3) is 5.69 Å². The fraction of sp³-hybridized carbons (Fsp3) is 0.143. The van der Waals surface area contributed by atoms with Crippen LogP contribution >= 0.6 is 23.2 Å². The number of nitrogens with zero attached hydrogens (tertiary/aromatic N) is 1. The van der Waals surface area contributed by atoms with E-state index in [1.165, 1.54) is 12.1 Å². The van der Waals surface area contributed by atoms with Gasteiger partial charge in [0.15, 0.2) is 0 Å². The summed E-state index contributed by atoms with van der Waals surface area (Å²) < 4.78 is 38.7. The summed E-state index contributed by atoms with van der Waals surface area (Å²) in [6, 6.07) is 7.46. The second kappa shape index (κ2) is 6.64. The van der Waals surface area contributed by atoms with Gasteiger partial charge in [0.2, 0.25) is 0 Å². The molecule has 0 radical (unpaired) electrons. The van der Waals surface area contributed by atoms with Gasteiger partial charge in [-0.05, 0) is 29.8 Å². The first-order chi connectivity index (χ1) is 10.7. The van der Waals surface area contributed by atoms with Crippen LogP contribution in [-0.4, -0.2) is 4.92 Å². The maximum Gasteiger partial charge on any atom is 0.423 e. The molecule has 0 amide bonds. The standard InChI is InChI=1S/C14H9Cl2F3N2O2/c15-9-2-1-8(12(16)5-9)7-20-10-3-4-13(21(22)23)11(6-10)14(17,18)19/h1-6,20H,7H2. The summed E-state index contributed by atoms with van der Waals surface area (Å²) in [4.78, 5) is 9.62. The molecular weight excluding hydrogens is 356 g/mol. The SMILES string of the molecule is O=[N+]([O-])c1ccc(NCc2ccc(Cl)cc2Cl)cc1C(F)(F)F. The number of halogens is 5. The van der Waals surface area contributed by atoms with Crippen molar-refractivity contribution in [2.24, 2.45) is 0 Å². The molecule has 0 heterocycles. The van der Waals surface area contributed by atoms with E-state index in [0.29, 0.717) is 21.7 Å². The molecule has 2 aromatic carbocycles. The Balaban J connectivity index is 2.25. The molecule has 23 heavy (non-hydrogen) atoms. The van der Waals surface area contributed by atoms with Crippen LogP contribution in [0.3, 0.4) is 0 Å². The predicted molar refractivity (Wildman–Crippen MR) is 81.9 cm³/mol. The number of anilines is 1. The average molecular weight is 365 g/mol. The lowest BCUT2D eigenvalue weighted by Crippen LogP contribution is -2.10. The van der Waals surface area contributed by atoms with Gasteiger partial charge in [-0.1, -0.05) is 29.3 Å². The number of nitro benzene ring substituents is 1. The maximum atomic E-state index is 12.9. The summed E-state index contributed by atoms with van der Waals surface area (Å²) in [5.74, 6) is 0. The van der Waals surface area contributed by atoms with E-state index in [2.05, 4.69) is 5.32 Å². The largest absolute Gasteiger partial charge is 0.423 e. The van der Waals surface area contributed by atoms with Crippen molar-refractivity contribution in [3.05, 3.63) is 67.7 Å². The van der Waals surface area contributed by atoms with Gasteiger partial charge in [0.1, 0.15) is 5.56 Å². The van der Waals surface area contributed by atoms with E-state index < -0.39 is 22.4 Å². The molecular formula is C14H9Cl2F3N2O2. The minimum atomic E-state index is -4.82. The normalized spacial score (nSPS) is 11.3. The minimum absolute atomic E-state index is 0.0916. The number of rotatable bonds is 4. The molecule has 9 heteroatoms. The lowest BCUT2D eigenvalue weighted by Gasteiger charge is -2.12. The average Bonchev–Trinajstić information content (AvgIpc) is 2.45. The van der Waals surface area contributed by atoms with E-state index in [1.54, 1.807) is 12.1 Å². The first-order valence-corrected chi connectivity index (χ1v) is 6.97. The Morgan fingerprint density at radius 2 is 1.83 bits per heavy atom. The highest BCUT2D eigenvalue weighted by Gasteiger charge is 2.38. The van der Waals surface area contributed by atoms with Crippen molar-refractivity contribution in [2.45, 2.75) is 12.7 Å². The van der Waals surface area contributed by atoms with Gasteiger partial charge < -0.3 is 5.32 Å². The van der Waals surface area contributed by atoms with Crippen molar-refractivity contribution in [1.82, 2.24) is 0 Å². The Bertz CT molecular complexity index is 751. The topological polar surface area (TPSA) is 55.2 Å². The molecule has 4 nitrogen and oxygen atoms in total. The summed E-state index contributed by atoms with van der Waals surface area (Å²) in [6.07, 6.45) is -4.82. The molecule has 0 aliphatic heterocycles. The quantitative estimate of drug-likeness (QED) is 0.572. The van der Waals surface area contributed by atoms with Crippen molar-refractivity contribution < 1.29 is 18.1 Å². The van der Waals surface area contributed by atoms with Gasteiger partial charge in [-0.25, -0.2) is 0 Å². The molecule has 2 aromatic rings. The molecule has 0 aliphatic rings. The second-order valence-corrected chi connectivity index (χ2v) is 5.42. The van der Waals surface area contributed by atoms with E-state index in [9.17, 15) is 23.3 Å². The number of nitrogens with one attached hydrogen (secondary N) is 1. The molecule has 0 aliphatic carbocycles. The summed E-state index contributed by atoms with van der Waals surface area (Å²) in [5, 5.41) is 14.2. The van der Waals surface area contributed by atoms with Crippen LogP contribution in [0.15, 0.2) is 36.4 Å². The highest BCUT2D eigenvalue weighted by molar-refractivity contribution is 6.35. The molecule has 122 valence electrons.